The Labute approximate surface area is 124 Å². The van der Waals surface area contributed by atoms with Crippen molar-refractivity contribution >= 4 is 21.6 Å². The Morgan fingerprint density at radius 1 is 1.45 bits per heavy atom. The Morgan fingerprint density at radius 2 is 2.20 bits per heavy atom. The van der Waals surface area contributed by atoms with Gasteiger partial charge in [-0.15, -0.1) is 0 Å². The number of aliphatic hydroxyl groups excluding tert-OH is 1. The second-order valence-corrected chi connectivity index (χ2v) is 7.31. The Morgan fingerprint density at radius 3 is 2.80 bits per heavy atom. The molecule has 0 spiro atoms. The number of nitrogens with zero attached hydrogens (tertiary/aromatic N) is 1. The maximum absolute atomic E-state index is 12.6. The van der Waals surface area contributed by atoms with Crippen LogP contribution in [0.2, 0.25) is 5.02 Å². The molecule has 0 saturated carbocycles. The number of benzene rings is 1. The SMILES string of the molecule is NCc1ccc(S(=O)(=O)N2CCC(CCO)C2)c(Cl)c1. The number of aliphatic hydroxyl groups is 1. The van der Waals surface area contributed by atoms with E-state index in [0.717, 1.165) is 12.0 Å². The van der Waals surface area contributed by atoms with Crippen LogP contribution in [0.25, 0.3) is 0 Å². The highest BCUT2D eigenvalue weighted by molar-refractivity contribution is 7.89. The van der Waals surface area contributed by atoms with Crippen molar-refractivity contribution in [1.29, 1.82) is 0 Å². The minimum Gasteiger partial charge on any atom is -0.396 e. The molecule has 7 heteroatoms. The van der Waals surface area contributed by atoms with E-state index in [0.29, 0.717) is 26.1 Å². The molecule has 2 rings (SSSR count). The van der Waals surface area contributed by atoms with Crippen molar-refractivity contribution in [2.24, 2.45) is 11.7 Å². The summed E-state index contributed by atoms with van der Waals surface area (Å²) < 4.78 is 26.5. The fourth-order valence-corrected chi connectivity index (χ4v) is 4.53. The minimum atomic E-state index is -3.57. The van der Waals surface area contributed by atoms with Crippen LogP contribution in [0.3, 0.4) is 0 Å². The zero-order chi connectivity index (χ0) is 14.8. The number of halogens is 1. The summed E-state index contributed by atoms with van der Waals surface area (Å²) in [6, 6.07) is 4.79. The van der Waals surface area contributed by atoms with E-state index in [2.05, 4.69) is 0 Å². The summed E-state index contributed by atoms with van der Waals surface area (Å²) in [6.45, 7) is 1.33. The molecule has 112 valence electrons. The summed E-state index contributed by atoms with van der Waals surface area (Å²) in [5, 5.41) is 9.14. The maximum atomic E-state index is 12.6. The standard InChI is InChI=1S/C13H19ClN2O3S/c14-12-7-11(8-15)1-2-13(12)20(18,19)16-5-3-10(9-16)4-6-17/h1-2,7,10,17H,3-6,8-9,15H2. The number of rotatable bonds is 5. The largest absolute Gasteiger partial charge is 0.396 e. The van der Waals surface area contributed by atoms with Crippen LogP contribution in [0.5, 0.6) is 0 Å². The molecule has 3 N–H and O–H groups in total. The third kappa shape index (κ3) is 3.15. The summed E-state index contributed by atoms with van der Waals surface area (Å²) in [4.78, 5) is 0.126. The molecule has 0 radical (unpaired) electrons. The van der Waals surface area contributed by atoms with Crippen LogP contribution in [-0.4, -0.2) is 37.5 Å². The summed E-state index contributed by atoms with van der Waals surface area (Å²) in [5.41, 5.74) is 6.31. The first-order chi connectivity index (χ1) is 9.48. The molecule has 20 heavy (non-hydrogen) atoms. The van der Waals surface area contributed by atoms with Gasteiger partial charge in [-0.1, -0.05) is 17.7 Å². The maximum Gasteiger partial charge on any atom is 0.244 e. The van der Waals surface area contributed by atoms with Gasteiger partial charge >= 0.3 is 0 Å². The van der Waals surface area contributed by atoms with Gasteiger partial charge in [0, 0.05) is 26.2 Å². The molecule has 1 heterocycles. The van der Waals surface area contributed by atoms with Crippen LogP contribution in [0.4, 0.5) is 0 Å². The van der Waals surface area contributed by atoms with Gasteiger partial charge < -0.3 is 10.8 Å². The summed E-state index contributed by atoms with van der Waals surface area (Å²) in [5.74, 6) is 0.219. The summed E-state index contributed by atoms with van der Waals surface area (Å²) in [6.07, 6.45) is 1.41. The molecule has 1 aromatic rings. The van der Waals surface area contributed by atoms with E-state index in [1.165, 1.54) is 10.4 Å². The van der Waals surface area contributed by atoms with Crippen LogP contribution >= 0.6 is 11.6 Å². The normalized spacial score (nSPS) is 20.4. The topological polar surface area (TPSA) is 83.6 Å². The van der Waals surface area contributed by atoms with Gasteiger partial charge in [-0.25, -0.2) is 8.42 Å². The molecule has 5 nitrogen and oxygen atoms in total. The van der Waals surface area contributed by atoms with Gasteiger partial charge in [0.25, 0.3) is 0 Å². The molecule has 1 atom stereocenters. The molecular weight excluding hydrogens is 300 g/mol. The van der Waals surface area contributed by atoms with Crippen molar-refractivity contribution in [3.63, 3.8) is 0 Å². The first-order valence-electron chi connectivity index (χ1n) is 6.58. The van der Waals surface area contributed by atoms with Crippen LogP contribution in [0, 0.1) is 5.92 Å². The lowest BCUT2D eigenvalue weighted by Gasteiger charge is -2.17. The summed E-state index contributed by atoms with van der Waals surface area (Å²) >= 11 is 6.07. The predicted molar refractivity (Wildman–Crippen MR) is 77.9 cm³/mol. The van der Waals surface area contributed by atoms with E-state index in [9.17, 15) is 8.42 Å². The Bertz CT molecular complexity index is 577. The average molecular weight is 319 g/mol. The molecule has 0 bridgehead atoms. The van der Waals surface area contributed by atoms with Gasteiger partial charge in [0.2, 0.25) is 10.0 Å². The number of hydrogen-bond acceptors (Lipinski definition) is 4. The van der Waals surface area contributed by atoms with Crippen LogP contribution in [0.1, 0.15) is 18.4 Å². The van der Waals surface area contributed by atoms with Crippen molar-refractivity contribution in [3.05, 3.63) is 28.8 Å². The van der Waals surface area contributed by atoms with Crippen molar-refractivity contribution in [2.75, 3.05) is 19.7 Å². The number of nitrogens with two attached hydrogens (primary N) is 1. The molecule has 1 fully saturated rings. The zero-order valence-corrected chi connectivity index (χ0v) is 12.7. The van der Waals surface area contributed by atoms with E-state index in [-0.39, 0.29) is 22.4 Å². The van der Waals surface area contributed by atoms with E-state index in [4.69, 9.17) is 22.4 Å². The first kappa shape index (κ1) is 15.7. The molecule has 1 unspecified atom stereocenters. The van der Waals surface area contributed by atoms with Crippen molar-refractivity contribution in [3.8, 4) is 0 Å². The fourth-order valence-electron chi connectivity index (χ4n) is 2.45. The molecule has 1 aromatic carbocycles. The van der Waals surface area contributed by atoms with Gasteiger partial charge in [-0.05, 0) is 36.5 Å². The fraction of sp³-hybridized carbons (Fsp3) is 0.538. The van der Waals surface area contributed by atoms with Crippen molar-refractivity contribution in [2.45, 2.75) is 24.3 Å². The van der Waals surface area contributed by atoms with E-state index in [1.807, 2.05) is 0 Å². The highest BCUT2D eigenvalue weighted by Gasteiger charge is 2.33. The van der Waals surface area contributed by atoms with Gasteiger partial charge in [0.1, 0.15) is 4.90 Å². The molecule has 1 saturated heterocycles. The van der Waals surface area contributed by atoms with Crippen LogP contribution in [-0.2, 0) is 16.6 Å². The van der Waals surface area contributed by atoms with Crippen LogP contribution in [0.15, 0.2) is 23.1 Å². The first-order valence-corrected chi connectivity index (χ1v) is 8.40. The lowest BCUT2D eigenvalue weighted by molar-refractivity contribution is 0.259. The average Bonchev–Trinajstić information content (AvgIpc) is 2.88. The summed E-state index contributed by atoms with van der Waals surface area (Å²) in [7, 11) is -3.57. The quantitative estimate of drug-likeness (QED) is 0.854. The van der Waals surface area contributed by atoms with Gasteiger partial charge in [-0.3, -0.25) is 0 Å². The minimum absolute atomic E-state index is 0.0878. The highest BCUT2D eigenvalue weighted by Crippen LogP contribution is 2.30. The lowest BCUT2D eigenvalue weighted by Crippen LogP contribution is -2.29. The third-order valence-electron chi connectivity index (χ3n) is 3.64. The zero-order valence-electron chi connectivity index (χ0n) is 11.1. The van der Waals surface area contributed by atoms with E-state index < -0.39 is 10.0 Å². The molecule has 1 aliphatic heterocycles. The number of sulfonamides is 1. The highest BCUT2D eigenvalue weighted by atomic mass is 35.5. The lowest BCUT2D eigenvalue weighted by atomic mass is 10.1. The molecule has 0 aromatic heterocycles. The van der Waals surface area contributed by atoms with Crippen molar-refractivity contribution < 1.29 is 13.5 Å². The molecule has 0 aliphatic carbocycles. The van der Waals surface area contributed by atoms with E-state index in [1.54, 1.807) is 12.1 Å². The monoisotopic (exact) mass is 318 g/mol. The van der Waals surface area contributed by atoms with E-state index >= 15 is 0 Å². The van der Waals surface area contributed by atoms with Crippen LogP contribution < -0.4 is 5.73 Å². The second kappa shape index (κ2) is 6.41. The van der Waals surface area contributed by atoms with Gasteiger partial charge in [0.15, 0.2) is 0 Å². The van der Waals surface area contributed by atoms with Gasteiger partial charge in [0.05, 0.1) is 5.02 Å². The Balaban J connectivity index is 2.23. The molecular formula is C13H19ClN2O3S. The van der Waals surface area contributed by atoms with Gasteiger partial charge in [-0.2, -0.15) is 4.31 Å². The van der Waals surface area contributed by atoms with Crippen molar-refractivity contribution in [1.82, 2.24) is 4.31 Å². The Hall–Kier alpha value is -0.660. The predicted octanol–water partition coefficient (Wildman–Crippen LogP) is 1.19. The second-order valence-electron chi connectivity index (χ2n) is 5.00. The molecule has 1 aliphatic rings. The number of hydrogen-bond donors (Lipinski definition) is 2. The smallest absolute Gasteiger partial charge is 0.244 e. The Kier molecular flexibility index (Phi) is 5.04. The third-order valence-corrected chi connectivity index (χ3v) is 5.98. The molecule has 0 amide bonds.